The van der Waals surface area contributed by atoms with Crippen LogP contribution in [0.25, 0.3) is 28.2 Å². The minimum Gasteiger partial charge on any atom is -0.383 e. The van der Waals surface area contributed by atoms with Gasteiger partial charge in [-0.15, -0.1) is 0 Å². The molecule has 0 radical (unpaired) electrons. The van der Waals surface area contributed by atoms with Crippen molar-refractivity contribution in [2.75, 3.05) is 32.5 Å². The molecule has 1 fully saturated rings. The molecule has 1 aromatic carbocycles. The van der Waals surface area contributed by atoms with Gasteiger partial charge in [0, 0.05) is 25.5 Å². The van der Waals surface area contributed by atoms with Crippen molar-refractivity contribution in [1.29, 1.82) is 0 Å². The molecule has 1 unspecified atom stereocenters. The number of hydrogen-bond donors (Lipinski definition) is 1. The summed E-state index contributed by atoms with van der Waals surface area (Å²) in [6.07, 6.45) is 3.89. The van der Waals surface area contributed by atoms with Crippen molar-refractivity contribution in [2.45, 2.75) is 6.10 Å². The van der Waals surface area contributed by atoms with Gasteiger partial charge in [-0.05, 0) is 54.1 Å². The molecule has 4 heterocycles. The standard InChI is InChI=1S/C23H23N5O/c1-27-11-12-29-20(15-27)17-6-4-5-16(13-17)18-8-9-21-26-22(23(24)28(21)14-18)19-7-2-3-10-25-19/h2-10,13-14,20H,11-12,15,24H2,1H3. The van der Waals surface area contributed by atoms with Gasteiger partial charge in [0.25, 0.3) is 0 Å². The number of rotatable bonds is 3. The van der Waals surface area contributed by atoms with Gasteiger partial charge in [-0.25, -0.2) is 4.98 Å². The van der Waals surface area contributed by atoms with Gasteiger partial charge in [-0.3, -0.25) is 9.38 Å². The van der Waals surface area contributed by atoms with Gasteiger partial charge >= 0.3 is 0 Å². The first-order valence-corrected chi connectivity index (χ1v) is 9.78. The number of ether oxygens (including phenoxy) is 1. The number of nitrogens with two attached hydrogens (primary N) is 1. The normalized spacial score (nSPS) is 17.6. The van der Waals surface area contributed by atoms with Crippen LogP contribution in [0.15, 0.2) is 67.0 Å². The molecule has 29 heavy (non-hydrogen) atoms. The van der Waals surface area contributed by atoms with Crippen molar-refractivity contribution in [3.05, 3.63) is 72.6 Å². The third kappa shape index (κ3) is 3.37. The highest BCUT2D eigenvalue weighted by Gasteiger charge is 2.20. The number of imidazole rings is 1. The maximum absolute atomic E-state index is 6.42. The summed E-state index contributed by atoms with van der Waals surface area (Å²) in [6.45, 7) is 2.65. The number of nitrogens with zero attached hydrogens (tertiary/aromatic N) is 4. The molecule has 0 amide bonds. The highest BCUT2D eigenvalue weighted by molar-refractivity contribution is 5.74. The molecule has 0 spiro atoms. The van der Waals surface area contributed by atoms with Crippen LogP contribution in [-0.2, 0) is 4.74 Å². The molecule has 0 saturated carbocycles. The lowest BCUT2D eigenvalue weighted by Gasteiger charge is -2.30. The molecule has 6 nitrogen and oxygen atoms in total. The van der Waals surface area contributed by atoms with E-state index in [1.807, 2.05) is 34.9 Å². The number of pyridine rings is 2. The zero-order valence-electron chi connectivity index (χ0n) is 16.3. The molecule has 0 bridgehead atoms. The van der Waals surface area contributed by atoms with Crippen LogP contribution in [0.4, 0.5) is 5.82 Å². The summed E-state index contributed by atoms with van der Waals surface area (Å²) in [5.74, 6) is 0.592. The molecule has 1 aliphatic heterocycles. The van der Waals surface area contributed by atoms with Gasteiger partial charge in [0.1, 0.15) is 17.2 Å². The molecule has 4 aromatic rings. The molecule has 0 aliphatic carbocycles. The third-order valence-corrected chi connectivity index (χ3v) is 5.42. The summed E-state index contributed by atoms with van der Waals surface area (Å²) in [5.41, 5.74) is 12.1. The molecule has 2 N–H and O–H groups in total. The Morgan fingerprint density at radius 3 is 2.83 bits per heavy atom. The fraction of sp³-hybridized carbons (Fsp3) is 0.217. The van der Waals surface area contributed by atoms with Crippen molar-refractivity contribution in [1.82, 2.24) is 19.3 Å². The second kappa shape index (κ2) is 7.31. The Balaban J connectivity index is 1.52. The topological polar surface area (TPSA) is 68.7 Å². The molecule has 1 atom stereocenters. The number of nitrogen functional groups attached to an aromatic ring is 1. The van der Waals surface area contributed by atoms with E-state index < -0.39 is 0 Å². The van der Waals surface area contributed by atoms with Gasteiger partial charge in [-0.2, -0.15) is 0 Å². The van der Waals surface area contributed by atoms with Crippen LogP contribution in [0, 0.1) is 0 Å². The largest absolute Gasteiger partial charge is 0.383 e. The lowest BCUT2D eigenvalue weighted by atomic mass is 10.0. The Morgan fingerprint density at radius 1 is 1.07 bits per heavy atom. The van der Waals surface area contributed by atoms with Crippen molar-refractivity contribution in [3.8, 4) is 22.5 Å². The van der Waals surface area contributed by atoms with E-state index in [2.05, 4.69) is 52.2 Å². The first-order chi connectivity index (χ1) is 14.2. The van der Waals surface area contributed by atoms with Crippen LogP contribution in [0.3, 0.4) is 0 Å². The Hall–Kier alpha value is -3.22. The summed E-state index contributed by atoms with van der Waals surface area (Å²) in [4.78, 5) is 11.4. The second-order valence-electron chi connectivity index (χ2n) is 7.45. The fourth-order valence-electron chi connectivity index (χ4n) is 3.82. The van der Waals surface area contributed by atoms with E-state index >= 15 is 0 Å². The number of hydrogen-bond acceptors (Lipinski definition) is 5. The lowest BCUT2D eigenvalue weighted by molar-refractivity contribution is -0.0208. The van der Waals surface area contributed by atoms with Crippen LogP contribution in [0.2, 0.25) is 0 Å². The summed E-state index contributed by atoms with van der Waals surface area (Å²) in [6, 6.07) is 18.4. The summed E-state index contributed by atoms with van der Waals surface area (Å²) in [7, 11) is 2.13. The number of morpholine rings is 1. The predicted molar refractivity (Wildman–Crippen MR) is 114 cm³/mol. The number of benzene rings is 1. The van der Waals surface area contributed by atoms with E-state index in [9.17, 15) is 0 Å². The Morgan fingerprint density at radius 2 is 2.00 bits per heavy atom. The Bertz CT molecular complexity index is 1150. The molecule has 3 aromatic heterocycles. The second-order valence-corrected chi connectivity index (χ2v) is 7.45. The van der Waals surface area contributed by atoms with Crippen molar-refractivity contribution >= 4 is 11.5 Å². The van der Waals surface area contributed by atoms with Crippen molar-refractivity contribution in [3.63, 3.8) is 0 Å². The first kappa shape index (κ1) is 17.8. The lowest BCUT2D eigenvalue weighted by Crippen LogP contribution is -2.35. The van der Waals surface area contributed by atoms with E-state index in [4.69, 9.17) is 10.5 Å². The maximum atomic E-state index is 6.42. The van der Waals surface area contributed by atoms with Crippen molar-refractivity contribution < 1.29 is 4.74 Å². The van der Waals surface area contributed by atoms with E-state index in [1.54, 1.807) is 6.20 Å². The molecular weight excluding hydrogens is 362 g/mol. The molecule has 1 saturated heterocycles. The van der Waals surface area contributed by atoms with E-state index in [0.717, 1.165) is 42.2 Å². The van der Waals surface area contributed by atoms with Crippen LogP contribution in [0.1, 0.15) is 11.7 Å². The molecular formula is C23H23N5O. The number of fused-ring (bicyclic) bond motifs is 1. The van der Waals surface area contributed by atoms with Gasteiger partial charge in [0.15, 0.2) is 0 Å². The Kier molecular flexibility index (Phi) is 4.50. The van der Waals surface area contributed by atoms with Crippen LogP contribution < -0.4 is 5.73 Å². The van der Waals surface area contributed by atoms with E-state index in [0.29, 0.717) is 11.5 Å². The van der Waals surface area contributed by atoms with Gasteiger partial charge < -0.3 is 15.4 Å². The SMILES string of the molecule is CN1CCOC(c2cccc(-c3ccc4nc(-c5ccccn5)c(N)n4c3)c2)C1. The smallest absolute Gasteiger partial charge is 0.139 e. The summed E-state index contributed by atoms with van der Waals surface area (Å²) in [5, 5.41) is 0. The predicted octanol–water partition coefficient (Wildman–Crippen LogP) is 3.65. The quantitative estimate of drug-likeness (QED) is 0.583. The highest BCUT2D eigenvalue weighted by Crippen LogP contribution is 2.30. The van der Waals surface area contributed by atoms with E-state index in [1.165, 1.54) is 5.56 Å². The van der Waals surface area contributed by atoms with Crippen LogP contribution in [-0.4, -0.2) is 46.0 Å². The average Bonchev–Trinajstić information content (AvgIpc) is 3.10. The fourth-order valence-corrected chi connectivity index (χ4v) is 3.82. The monoisotopic (exact) mass is 385 g/mol. The molecule has 1 aliphatic rings. The number of anilines is 1. The Labute approximate surface area is 169 Å². The van der Waals surface area contributed by atoms with Crippen LogP contribution in [0.5, 0.6) is 0 Å². The first-order valence-electron chi connectivity index (χ1n) is 9.78. The zero-order valence-corrected chi connectivity index (χ0v) is 16.3. The van der Waals surface area contributed by atoms with Crippen molar-refractivity contribution in [2.24, 2.45) is 0 Å². The minimum atomic E-state index is 0.103. The molecule has 6 heteroatoms. The zero-order chi connectivity index (χ0) is 19.8. The molecule has 146 valence electrons. The average molecular weight is 385 g/mol. The maximum Gasteiger partial charge on any atom is 0.139 e. The summed E-state index contributed by atoms with van der Waals surface area (Å²) < 4.78 is 7.91. The number of likely N-dealkylation sites (N-methyl/N-ethyl adjacent to an activating group) is 1. The van der Waals surface area contributed by atoms with Gasteiger partial charge in [0.05, 0.1) is 18.4 Å². The van der Waals surface area contributed by atoms with E-state index in [-0.39, 0.29) is 6.10 Å². The minimum absolute atomic E-state index is 0.103. The van der Waals surface area contributed by atoms with Crippen LogP contribution >= 0.6 is 0 Å². The van der Waals surface area contributed by atoms with Gasteiger partial charge in [-0.1, -0.05) is 24.3 Å². The number of aromatic nitrogens is 3. The summed E-state index contributed by atoms with van der Waals surface area (Å²) >= 11 is 0. The third-order valence-electron chi connectivity index (χ3n) is 5.42. The molecule has 5 rings (SSSR count). The highest BCUT2D eigenvalue weighted by atomic mass is 16.5. The van der Waals surface area contributed by atoms with Gasteiger partial charge in [0.2, 0.25) is 0 Å².